The molecular formula is C23H24N4O2S. The van der Waals surface area contributed by atoms with Crippen LogP contribution >= 0.6 is 0 Å². The van der Waals surface area contributed by atoms with Crippen molar-refractivity contribution in [2.24, 2.45) is 0 Å². The Labute approximate surface area is 176 Å². The number of nitrogens with one attached hydrogen (secondary N) is 1. The van der Waals surface area contributed by atoms with Crippen LogP contribution in [0.1, 0.15) is 47.8 Å². The molecule has 0 amide bonds. The fraction of sp³-hybridized carbons (Fsp3) is 0.348. The van der Waals surface area contributed by atoms with Gasteiger partial charge in [-0.1, -0.05) is 31.0 Å². The summed E-state index contributed by atoms with van der Waals surface area (Å²) in [7, 11) is -3.97. The van der Waals surface area contributed by atoms with Crippen LogP contribution in [0.2, 0.25) is 0 Å². The van der Waals surface area contributed by atoms with Crippen molar-refractivity contribution in [2.45, 2.75) is 55.7 Å². The van der Waals surface area contributed by atoms with Gasteiger partial charge < -0.3 is 5.32 Å². The third-order valence-corrected chi connectivity index (χ3v) is 7.64. The number of anilines is 1. The third kappa shape index (κ3) is 3.75. The smallest absolute Gasteiger partial charge is 0.200 e. The molecule has 1 fully saturated rings. The summed E-state index contributed by atoms with van der Waals surface area (Å²) >= 11 is 0. The van der Waals surface area contributed by atoms with Gasteiger partial charge in [0.1, 0.15) is 5.69 Å². The number of aromatic nitrogens is 2. The Balaban J connectivity index is 1.85. The van der Waals surface area contributed by atoms with E-state index in [1.165, 1.54) is 0 Å². The largest absolute Gasteiger partial charge is 0.366 e. The topological polar surface area (TPSA) is 95.7 Å². The standard InChI is InChI=1S/C23H24N4O2S/c1-15-11-12-18(13-16(15)2)30(28,29)21(14-24)22-23(25-17-7-3-4-8-17)27-20-10-6-5-9-19(20)26-22/h5-6,9-13,17,21H,3-4,7-8H2,1-2H3,(H,25,27)/t21-/m0/s1. The van der Waals surface area contributed by atoms with Crippen LogP contribution in [0.25, 0.3) is 11.0 Å². The highest BCUT2D eigenvalue weighted by atomic mass is 32.2. The number of hydrogen-bond acceptors (Lipinski definition) is 6. The van der Waals surface area contributed by atoms with Crippen molar-refractivity contribution >= 4 is 26.7 Å². The summed E-state index contributed by atoms with van der Waals surface area (Å²) < 4.78 is 26.9. The lowest BCUT2D eigenvalue weighted by molar-refractivity contribution is 0.590. The summed E-state index contributed by atoms with van der Waals surface area (Å²) in [4.78, 5) is 9.37. The van der Waals surface area contributed by atoms with E-state index in [0.717, 1.165) is 36.8 Å². The number of hydrogen-bond donors (Lipinski definition) is 1. The molecule has 0 aliphatic heterocycles. The highest BCUT2D eigenvalue weighted by Crippen LogP contribution is 2.34. The van der Waals surface area contributed by atoms with E-state index >= 15 is 0 Å². The maximum atomic E-state index is 13.4. The van der Waals surface area contributed by atoms with Crippen LogP contribution in [0.5, 0.6) is 0 Å². The molecule has 30 heavy (non-hydrogen) atoms. The van der Waals surface area contributed by atoms with E-state index in [-0.39, 0.29) is 16.6 Å². The summed E-state index contributed by atoms with van der Waals surface area (Å²) in [5.41, 5.74) is 3.27. The Hall–Kier alpha value is -2.98. The van der Waals surface area contributed by atoms with Crippen molar-refractivity contribution in [2.75, 3.05) is 5.32 Å². The number of fused-ring (bicyclic) bond motifs is 1. The molecule has 1 aromatic heterocycles. The Morgan fingerprint density at radius 3 is 2.33 bits per heavy atom. The molecule has 2 aromatic carbocycles. The van der Waals surface area contributed by atoms with E-state index in [2.05, 4.69) is 15.3 Å². The molecule has 0 bridgehead atoms. The molecule has 6 nitrogen and oxygen atoms in total. The highest BCUT2D eigenvalue weighted by Gasteiger charge is 2.34. The van der Waals surface area contributed by atoms with Gasteiger partial charge in [0.15, 0.2) is 11.1 Å². The lowest BCUT2D eigenvalue weighted by Gasteiger charge is -2.19. The molecule has 154 valence electrons. The monoisotopic (exact) mass is 420 g/mol. The molecule has 1 atom stereocenters. The first-order valence-corrected chi connectivity index (χ1v) is 11.7. The summed E-state index contributed by atoms with van der Waals surface area (Å²) in [5.74, 6) is 0.388. The third-order valence-electron chi connectivity index (χ3n) is 5.78. The average molecular weight is 421 g/mol. The van der Waals surface area contributed by atoms with Crippen LogP contribution in [0.15, 0.2) is 47.4 Å². The maximum Gasteiger partial charge on any atom is 0.200 e. The van der Waals surface area contributed by atoms with Crippen molar-refractivity contribution in [3.63, 3.8) is 0 Å². The van der Waals surface area contributed by atoms with Gasteiger partial charge in [-0.05, 0) is 62.1 Å². The number of rotatable bonds is 5. The average Bonchev–Trinajstić information content (AvgIpc) is 3.23. The first-order valence-electron chi connectivity index (χ1n) is 10.1. The molecular weight excluding hydrogens is 396 g/mol. The molecule has 1 heterocycles. The number of para-hydroxylation sites is 2. The normalized spacial score (nSPS) is 15.8. The van der Waals surface area contributed by atoms with E-state index in [9.17, 15) is 13.7 Å². The second-order valence-corrected chi connectivity index (χ2v) is 9.90. The van der Waals surface area contributed by atoms with Gasteiger partial charge >= 0.3 is 0 Å². The predicted octanol–water partition coefficient (Wildman–Crippen LogP) is 4.64. The maximum absolute atomic E-state index is 13.4. The van der Waals surface area contributed by atoms with Crippen LogP contribution in [0.4, 0.5) is 5.82 Å². The number of nitriles is 1. The minimum atomic E-state index is -3.97. The molecule has 0 radical (unpaired) electrons. The van der Waals surface area contributed by atoms with E-state index < -0.39 is 15.1 Å². The summed E-state index contributed by atoms with van der Waals surface area (Å²) in [6.07, 6.45) is 4.23. The van der Waals surface area contributed by atoms with Gasteiger partial charge in [0.2, 0.25) is 9.84 Å². The minimum absolute atomic E-state index is 0.124. The van der Waals surface area contributed by atoms with Crippen molar-refractivity contribution in [3.05, 3.63) is 59.3 Å². The fourth-order valence-corrected chi connectivity index (χ4v) is 5.34. The Morgan fingerprint density at radius 2 is 1.70 bits per heavy atom. The van der Waals surface area contributed by atoms with Crippen molar-refractivity contribution < 1.29 is 8.42 Å². The van der Waals surface area contributed by atoms with E-state index in [1.54, 1.807) is 24.3 Å². The molecule has 0 unspecified atom stereocenters. The van der Waals surface area contributed by atoms with Crippen molar-refractivity contribution in [3.8, 4) is 6.07 Å². The number of aryl methyl sites for hydroxylation is 2. The number of sulfone groups is 1. The predicted molar refractivity (Wildman–Crippen MR) is 117 cm³/mol. The summed E-state index contributed by atoms with van der Waals surface area (Å²) in [6, 6.07) is 14.4. The Morgan fingerprint density at radius 1 is 1.03 bits per heavy atom. The van der Waals surface area contributed by atoms with Gasteiger partial charge in [-0.3, -0.25) is 0 Å². The van der Waals surface area contributed by atoms with Gasteiger partial charge in [-0.2, -0.15) is 5.26 Å². The van der Waals surface area contributed by atoms with Crippen molar-refractivity contribution in [1.82, 2.24) is 9.97 Å². The second-order valence-electron chi connectivity index (χ2n) is 7.87. The highest BCUT2D eigenvalue weighted by molar-refractivity contribution is 7.92. The van der Waals surface area contributed by atoms with E-state index in [4.69, 9.17) is 0 Å². The minimum Gasteiger partial charge on any atom is -0.366 e. The zero-order chi connectivity index (χ0) is 21.3. The van der Waals surface area contributed by atoms with Gasteiger partial charge in [-0.25, -0.2) is 18.4 Å². The fourth-order valence-electron chi connectivity index (χ4n) is 3.87. The van der Waals surface area contributed by atoms with Crippen LogP contribution in [-0.2, 0) is 9.84 Å². The molecule has 1 aliphatic rings. The Bertz CT molecular complexity index is 1240. The number of benzene rings is 2. The SMILES string of the molecule is Cc1ccc(S(=O)(=O)[C@@H](C#N)c2nc3ccccc3nc2NC2CCCC2)cc1C. The van der Waals surface area contributed by atoms with Crippen LogP contribution in [-0.4, -0.2) is 24.4 Å². The van der Waals surface area contributed by atoms with Gasteiger partial charge in [0.05, 0.1) is 22.0 Å². The molecule has 1 aliphatic carbocycles. The molecule has 0 saturated heterocycles. The first kappa shape index (κ1) is 20.3. The second kappa shape index (κ2) is 8.04. The molecule has 4 rings (SSSR count). The zero-order valence-corrected chi connectivity index (χ0v) is 17.9. The molecule has 1 N–H and O–H groups in total. The van der Waals surface area contributed by atoms with Crippen LogP contribution in [0, 0.1) is 25.2 Å². The number of nitrogens with zero attached hydrogens (tertiary/aromatic N) is 3. The zero-order valence-electron chi connectivity index (χ0n) is 17.1. The van der Waals surface area contributed by atoms with Gasteiger partial charge in [0.25, 0.3) is 0 Å². The van der Waals surface area contributed by atoms with Gasteiger partial charge in [0, 0.05) is 6.04 Å². The molecule has 3 aromatic rings. The molecule has 1 saturated carbocycles. The van der Waals surface area contributed by atoms with Crippen molar-refractivity contribution in [1.29, 1.82) is 5.26 Å². The van der Waals surface area contributed by atoms with E-state index in [1.807, 2.05) is 38.1 Å². The van der Waals surface area contributed by atoms with Crippen LogP contribution < -0.4 is 5.32 Å². The molecule has 0 spiro atoms. The summed E-state index contributed by atoms with van der Waals surface area (Å²) in [6.45, 7) is 3.78. The van der Waals surface area contributed by atoms with Gasteiger partial charge in [-0.15, -0.1) is 0 Å². The molecule has 7 heteroatoms. The first-order chi connectivity index (χ1) is 14.4. The quantitative estimate of drug-likeness (QED) is 0.646. The summed E-state index contributed by atoms with van der Waals surface area (Å²) in [5, 5.41) is 11.9. The Kier molecular flexibility index (Phi) is 5.44. The van der Waals surface area contributed by atoms with Crippen LogP contribution in [0.3, 0.4) is 0 Å². The lowest BCUT2D eigenvalue weighted by atomic mass is 10.1. The lowest BCUT2D eigenvalue weighted by Crippen LogP contribution is -2.21. The van der Waals surface area contributed by atoms with E-state index in [0.29, 0.717) is 16.9 Å².